The van der Waals surface area contributed by atoms with Crippen LogP contribution in [0, 0.1) is 0 Å². The summed E-state index contributed by atoms with van der Waals surface area (Å²) in [5.74, 6) is 1.14. The van der Waals surface area contributed by atoms with Crippen molar-refractivity contribution < 1.29 is 28.5 Å². The first-order valence-electron chi connectivity index (χ1n) is 8.58. The van der Waals surface area contributed by atoms with Crippen molar-refractivity contribution in [2.75, 3.05) is 26.9 Å². The zero-order chi connectivity index (χ0) is 19.1. The van der Waals surface area contributed by atoms with Gasteiger partial charge in [0.15, 0.2) is 18.1 Å². The zero-order valence-corrected chi connectivity index (χ0v) is 15.0. The highest BCUT2D eigenvalue weighted by atomic mass is 16.6. The van der Waals surface area contributed by atoms with Gasteiger partial charge in [-0.05, 0) is 35.4 Å². The Morgan fingerprint density at radius 2 is 1.85 bits per heavy atom. The molecule has 0 spiro atoms. The summed E-state index contributed by atoms with van der Waals surface area (Å²) in [7, 11) is 1.58. The molecule has 0 radical (unpaired) electrons. The molecule has 0 unspecified atom stereocenters. The first-order chi connectivity index (χ1) is 13.1. The van der Waals surface area contributed by atoms with E-state index >= 15 is 0 Å². The van der Waals surface area contributed by atoms with Crippen LogP contribution >= 0.6 is 0 Å². The largest absolute Gasteiger partial charge is 0.497 e. The number of amides is 1. The lowest BCUT2D eigenvalue weighted by Gasteiger charge is -2.18. The van der Waals surface area contributed by atoms with Gasteiger partial charge in [-0.2, -0.15) is 0 Å². The Bertz CT molecular complexity index is 820. The minimum absolute atomic E-state index is 0.0554. The lowest BCUT2D eigenvalue weighted by Crippen LogP contribution is -2.28. The van der Waals surface area contributed by atoms with Gasteiger partial charge in [0.05, 0.1) is 13.5 Å². The summed E-state index contributed by atoms with van der Waals surface area (Å²) in [6.45, 7) is 0.997. The van der Waals surface area contributed by atoms with E-state index < -0.39 is 5.97 Å². The van der Waals surface area contributed by atoms with E-state index in [0.717, 1.165) is 11.1 Å². The van der Waals surface area contributed by atoms with Crippen molar-refractivity contribution >= 4 is 11.9 Å². The average molecular weight is 371 g/mol. The molecule has 27 heavy (non-hydrogen) atoms. The van der Waals surface area contributed by atoms with Gasteiger partial charge in [0.1, 0.15) is 19.0 Å². The highest BCUT2D eigenvalue weighted by Crippen LogP contribution is 2.30. The molecule has 1 aliphatic rings. The van der Waals surface area contributed by atoms with Crippen molar-refractivity contribution in [1.82, 2.24) is 5.32 Å². The second-order valence-electron chi connectivity index (χ2n) is 5.94. The lowest BCUT2D eigenvalue weighted by molar-refractivity contribution is -0.147. The molecule has 0 saturated carbocycles. The summed E-state index contributed by atoms with van der Waals surface area (Å²) < 4.78 is 21.1. The maximum Gasteiger partial charge on any atom is 0.310 e. The van der Waals surface area contributed by atoms with Crippen LogP contribution in [0.3, 0.4) is 0 Å². The van der Waals surface area contributed by atoms with Crippen LogP contribution in [-0.4, -0.2) is 38.8 Å². The predicted molar refractivity (Wildman–Crippen MR) is 96.9 cm³/mol. The zero-order valence-electron chi connectivity index (χ0n) is 15.0. The van der Waals surface area contributed by atoms with Gasteiger partial charge in [-0.25, -0.2) is 0 Å². The van der Waals surface area contributed by atoms with Crippen molar-refractivity contribution in [3.63, 3.8) is 0 Å². The van der Waals surface area contributed by atoms with Gasteiger partial charge in [-0.1, -0.05) is 18.2 Å². The van der Waals surface area contributed by atoms with E-state index in [1.165, 1.54) is 0 Å². The number of rotatable bonds is 7. The van der Waals surface area contributed by atoms with Crippen LogP contribution in [-0.2, 0) is 27.3 Å². The van der Waals surface area contributed by atoms with E-state index in [1.54, 1.807) is 25.3 Å². The fourth-order valence-corrected chi connectivity index (χ4v) is 2.60. The highest BCUT2D eigenvalue weighted by Gasteiger charge is 2.14. The maximum atomic E-state index is 12.0. The minimum Gasteiger partial charge on any atom is -0.497 e. The monoisotopic (exact) mass is 371 g/mol. The molecule has 3 rings (SSSR count). The number of carbonyl (C=O) groups is 2. The summed E-state index contributed by atoms with van der Waals surface area (Å²) in [6.07, 6.45) is 0.0554. The van der Waals surface area contributed by atoms with Gasteiger partial charge < -0.3 is 24.3 Å². The molecule has 1 N–H and O–H groups in total. The Balaban J connectivity index is 1.42. The Morgan fingerprint density at radius 3 is 2.67 bits per heavy atom. The van der Waals surface area contributed by atoms with Crippen LogP contribution < -0.4 is 19.5 Å². The van der Waals surface area contributed by atoms with Gasteiger partial charge in [0, 0.05) is 6.54 Å². The Kier molecular flexibility index (Phi) is 6.14. The molecule has 7 nitrogen and oxygen atoms in total. The van der Waals surface area contributed by atoms with E-state index in [4.69, 9.17) is 18.9 Å². The van der Waals surface area contributed by atoms with Crippen LogP contribution in [0.15, 0.2) is 42.5 Å². The van der Waals surface area contributed by atoms with Gasteiger partial charge >= 0.3 is 5.97 Å². The van der Waals surface area contributed by atoms with Crippen LogP contribution in [0.2, 0.25) is 0 Å². The second-order valence-corrected chi connectivity index (χ2v) is 5.94. The van der Waals surface area contributed by atoms with Crippen molar-refractivity contribution in [3.8, 4) is 17.2 Å². The van der Waals surface area contributed by atoms with Crippen molar-refractivity contribution in [2.45, 2.75) is 13.0 Å². The van der Waals surface area contributed by atoms with Crippen molar-refractivity contribution in [1.29, 1.82) is 0 Å². The average Bonchev–Trinajstić information content (AvgIpc) is 2.71. The molecule has 142 valence electrons. The number of fused-ring (bicyclic) bond motifs is 1. The Labute approximate surface area is 157 Å². The standard InChI is InChI=1S/C20H21NO6/c1-24-16-4-2-3-15(9-16)12-21-19(22)13-27-20(23)11-14-5-6-17-18(10-14)26-8-7-25-17/h2-6,9-10H,7-8,11-13H2,1H3,(H,21,22). The van der Waals surface area contributed by atoms with Gasteiger partial charge in [0.2, 0.25) is 0 Å². The molecule has 2 aromatic rings. The van der Waals surface area contributed by atoms with E-state index in [1.807, 2.05) is 24.3 Å². The summed E-state index contributed by atoms with van der Waals surface area (Å²) >= 11 is 0. The fourth-order valence-electron chi connectivity index (χ4n) is 2.60. The van der Waals surface area contributed by atoms with E-state index in [0.29, 0.717) is 37.0 Å². The number of carbonyl (C=O) groups excluding carboxylic acids is 2. The van der Waals surface area contributed by atoms with Crippen LogP contribution in [0.4, 0.5) is 0 Å². The highest BCUT2D eigenvalue weighted by molar-refractivity contribution is 5.81. The summed E-state index contributed by atoms with van der Waals surface area (Å²) in [4.78, 5) is 23.8. The van der Waals surface area contributed by atoms with Gasteiger partial charge in [0.25, 0.3) is 5.91 Å². The molecular formula is C20H21NO6. The van der Waals surface area contributed by atoms with Crippen LogP contribution in [0.25, 0.3) is 0 Å². The molecule has 0 atom stereocenters. The molecular weight excluding hydrogens is 350 g/mol. The second kappa shape index (κ2) is 8.93. The smallest absolute Gasteiger partial charge is 0.310 e. The molecule has 7 heteroatoms. The van der Waals surface area contributed by atoms with Crippen LogP contribution in [0.1, 0.15) is 11.1 Å². The lowest BCUT2D eigenvalue weighted by atomic mass is 10.1. The number of methoxy groups -OCH3 is 1. The van der Waals surface area contributed by atoms with Crippen molar-refractivity contribution in [3.05, 3.63) is 53.6 Å². The molecule has 1 amide bonds. The molecule has 0 aromatic heterocycles. The predicted octanol–water partition coefficient (Wildman–Crippen LogP) is 1.87. The molecule has 0 bridgehead atoms. The maximum absolute atomic E-state index is 12.0. The van der Waals surface area contributed by atoms with Gasteiger partial charge in [-0.15, -0.1) is 0 Å². The van der Waals surface area contributed by atoms with E-state index in [-0.39, 0.29) is 18.9 Å². The molecule has 2 aromatic carbocycles. The first-order valence-corrected chi connectivity index (χ1v) is 8.58. The number of benzene rings is 2. The Morgan fingerprint density at radius 1 is 1.04 bits per heavy atom. The quantitative estimate of drug-likeness (QED) is 0.748. The van der Waals surface area contributed by atoms with Gasteiger partial charge in [-0.3, -0.25) is 9.59 Å². The number of hydrogen-bond donors (Lipinski definition) is 1. The molecule has 1 aliphatic heterocycles. The van der Waals surface area contributed by atoms with Crippen molar-refractivity contribution in [2.24, 2.45) is 0 Å². The topological polar surface area (TPSA) is 83.1 Å². The number of hydrogen-bond acceptors (Lipinski definition) is 6. The fraction of sp³-hybridized carbons (Fsp3) is 0.300. The van der Waals surface area contributed by atoms with Crippen LogP contribution in [0.5, 0.6) is 17.2 Å². The number of nitrogens with one attached hydrogen (secondary N) is 1. The Hall–Kier alpha value is -3.22. The third-order valence-electron chi connectivity index (χ3n) is 3.94. The molecule has 0 fully saturated rings. The summed E-state index contributed by atoms with van der Waals surface area (Å²) in [6, 6.07) is 12.7. The first kappa shape index (κ1) is 18.6. The van der Waals surface area contributed by atoms with E-state index in [9.17, 15) is 9.59 Å². The number of ether oxygens (including phenoxy) is 4. The third kappa shape index (κ3) is 5.37. The SMILES string of the molecule is COc1cccc(CNC(=O)COC(=O)Cc2ccc3c(c2)OCCO3)c1. The minimum atomic E-state index is -0.483. The molecule has 0 saturated heterocycles. The molecule has 1 heterocycles. The van der Waals surface area contributed by atoms with E-state index in [2.05, 4.69) is 5.32 Å². The molecule has 0 aliphatic carbocycles. The summed E-state index contributed by atoms with van der Waals surface area (Å²) in [5, 5.41) is 2.70. The normalized spacial score (nSPS) is 12.2. The third-order valence-corrected chi connectivity index (χ3v) is 3.94. The number of esters is 1. The summed E-state index contributed by atoms with van der Waals surface area (Å²) in [5.41, 5.74) is 1.63.